The van der Waals surface area contributed by atoms with Gasteiger partial charge in [0, 0.05) is 17.8 Å². The van der Waals surface area contributed by atoms with Crippen molar-refractivity contribution in [1.29, 1.82) is 0 Å². The predicted molar refractivity (Wildman–Crippen MR) is 101 cm³/mol. The molecule has 0 spiro atoms. The number of thioether (sulfide) groups is 1. The van der Waals surface area contributed by atoms with E-state index < -0.39 is 5.25 Å². The minimum Gasteiger partial charge on any atom is -0.325 e. The van der Waals surface area contributed by atoms with Crippen LogP contribution in [-0.4, -0.2) is 20.7 Å². The predicted octanol–water partition coefficient (Wildman–Crippen LogP) is 4.25. The molecule has 0 fully saturated rings. The lowest BCUT2D eigenvalue weighted by molar-refractivity contribution is -0.115. The minimum absolute atomic E-state index is 0.140. The van der Waals surface area contributed by atoms with Crippen LogP contribution in [0.4, 0.5) is 5.69 Å². The Morgan fingerprint density at radius 3 is 2.64 bits per heavy atom. The molecule has 1 aromatic heterocycles. The number of carbonyl (C=O) groups is 1. The summed E-state index contributed by atoms with van der Waals surface area (Å²) in [4.78, 5) is 12.9. The van der Waals surface area contributed by atoms with Crippen LogP contribution in [0.15, 0.2) is 60.0 Å². The number of nitrogens with zero attached hydrogens (tertiary/aromatic N) is 3. The summed E-state index contributed by atoms with van der Waals surface area (Å²) in [5, 5.41) is 11.7. The van der Waals surface area contributed by atoms with Crippen molar-refractivity contribution in [2.24, 2.45) is 7.05 Å². The molecule has 128 valence electrons. The van der Waals surface area contributed by atoms with Crippen LogP contribution >= 0.6 is 23.4 Å². The van der Waals surface area contributed by atoms with Gasteiger partial charge in [-0.05, 0) is 30.2 Å². The van der Waals surface area contributed by atoms with Crippen molar-refractivity contribution < 1.29 is 4.79 Å². The van der Waals surface area contributed by atoms with Gasteiger partial charge in [0.2, 0.25) is 5.91 Å². The highest BCUT2D eigenvalue weighted by Crippen LogP contribution is 2.35. The summed E-state index contributed by atoms with van der Waals surface area (Å²) in [6, 6.07) is 15.1. The Kier molecular flexibility index (Phi) is 5.40. The van der Waals surface area contributed by atoms with Crippen molar-refractivity contribution in [3.8, 4) is 0 Å². The molecular formula is C18H17ClN4OS. The van der Waals surface area contributed by atoms with Gasteiger partial charge in [0.05, 0.1) is 0 Å². The number of aromatic nitrogens is 3. The molecule has 3 aromatic rings. The number of nitrogens with one attached hydrogen (secondary N) is 1. The lowest BCUT2D eigenvalue weighted by Gasteiger charge is -2.16. The molecule has 0 saturated heterocycles. The van der Waals surface area contributed by atoms with E-state index in [-0.39, 0.29) is 5.91 Å². The summed E-state index contributed by atoms with van der Waals surface area (Å²) in [5.74, 6) is -0.140. The normalized spacial score (nSPS) is 12.0. The first kappa shape index (κ1) is 17.5. The number of hydrogen-bond acceptors (Lipinski definition) is 4. The van der Waals surface area contributed by atoms with Gasteiger partial charge in [0.25, 0.3) is 0 Å². The third kappa shape index (κ3) is 4.21. The standard InChI is InChI=1S/C18H17ClN4OS/c1-12-8-9-14(10-15(12)19)21-17(24)16(13-6-4-3-5-7-13)25-18-22-20-11-23(18)2/h3-11,16H,1-2H3,(H,21,24)/t16-/m1/s1. The van der Waals surface area contributed by atoms with Crippen LogP contribution in [0.1, 0.15) is 16.4 Å². The topological polar surface area (TPSA) is 59.8 Å². The summed E-state index contributed by atoms with van der Waals surface area (Å²) >= 11 is 7.51. The fourth-order valence-corrected chi connectivity index (χ4v) is 3.42. The second-order valence-corrected chi connectivity index (χ2v) is 7.07. The molecule has 0 aliphatic heterocycles. The van der Waals surface area contributed by atoms with E-state index in [1.807, 2.05) is 56.4 Å². The van der Waals surface area contributed by atoms with E-state index in [2.05, 4.69) is 15.5 Å². The lowest BCUT2D eigenvalue weighted by Crippen LogP contribution is -2.19. The first-order valence-corrected chi connectivity index (χ1v) is 8.93. The molecule has 1 amide bonds. The van der Waals surface area contributed by atoms with Crippen molar-refractivity contribution >= 4 is 35.0 Å². The molecule has 2 aromatic carbocycles. The van der Waals surface area contributed by atoms with Crippen LogP contribution in [0.25, 0.3) is 0 Å². The Bertz CT molecular complexity index is 882. The third-order valence-corrected chi connectivity index (χ3v) is 5.38. The highest BCUT2D eigenvalue weighted by Gasteiger charge is 2.24. The molecule has 1 heterocycles. The van der Waals surface area contributed by atoms with Gasteiger partial charge in [-0.15, -0.1) is 10.2 Å². The van der Waals surface area contributed by atoms with Crippen molar-refractivity contribution in [2.75, 3.05) is 5.32 Å². The molecule has 0 aliphatic carbocycles. The number of aryl methyl sites for hydroxylation is 2. The van der Waals surface area contributed by atoms with E-state index in [1.165, 1.54) is 11.8 Å². The number of halogens is 1. The van der Waals surface area contributed by atoms with E-state index in [4.69, 9.17) is 11.6 Å². The molecule has 0 unspecified atom stereocenters. The average Bonchev–Trinajstić information content (AvgIpc) is 3.01. The fraction of sp³-hybridized carbons (Fsp3) is 0.167. The van der Waals surface area contributed by atoms with Crippen LogP contribution in [0.5, 0.6) is 0 Å². The molecule has 3 rings (SSSR count). The van der Waals surface area contributed by atoms with Crippen LogP contribution in [-0.2, 0) is 11.8 Å². The van der Waals surface area contributed by atoms with Gasteiger partial charge >= 0.3 is 0 Å². The highest BCUT2D eigenvalue weighted by atomic mass is 35.5. The van der Waals surface area contributed by atoms with Crippen LogP contribution < -0.4 is 5.32 Å². The zero-order chi connectivity index (χ0) is 17.8. The quantitative estimate of drug-likeness (QED) is 0.680. The van der Waals surface area contributed by atoms with E-state index in [0.29, 0.717) is 15.9 Å². The smallest absolute Gasteiger partial charge is 0.242 e. The minimum atomic E-state index is -0.454. The van der Waals surface area contributed by atoms with Gasteiger partial charge < -0.3 is 9.88 Å². The summed E-state index contributed by atoms with van der Waals surface area (Å²) in [6.07, 6.45) is 1.61. The first-order valence-electron chi connectivity index (χ1n) is 7.67. The van der Waals surface area contributed by atoms with Crippen molar-refractivity contribution in [3.63, 3.8) is 0 Å². The molecule has 25 heavy (non-hydrogen) atoms. The Labute approximate surface area is 155 Å². The summed E-state index contributed by atoms with van der Waals surface area (Å²) in [7, 11) is 1.85. The van der Waals surface area contributed by atoms with Crippen molar-refractivity contribution in [1.82, 2.24) is 14.8 Å². The zero-order valence-corrected chi connectivity index (χ0v) is 15.4. The number of carbonyl (C=O) groups excluding carboxylic acids is 1. The number of hydrogen-bond donors (Lipinski definition) is 1. The summed E-state index contributed by atoms with van der Waals surface area (Å²) < 4.78 is 1.79. The largest absolute Gasteiger partial charge is 0.325 e. The van der Waals surface area contributed by atoms with Gasteiger partial charge in [-0.1, -0.05) is 59.8 Å². The Morgan fingerprint density at radius 2 is 2.00 bits per heavy atom. The first-order chi connectivity index (χ1) is 12.0. The van der Waals surface area contributed by atoms with Gasteiger partial charge in [0.1, 0.15) is 11.6 Å². The zero-order valence-electron chi connectivity index (χ0n) is 13.8. The van der Waals surface area contributed by atoms with Gasteiger partial charge in [-0.3, -0.25) is 4.79 Å². The maximum Gasteiger partial charge on any atom is 0.242 e. The Balaban J connectivity index is 1.86. The van der Waals surface area contributed by atoms with Crippen LogP contribution in [0, 0.1) is 6.92 Å². The molecule has 1 atom stereocenters. The van der Waals surface area contributed by atoms with E-state index in [9.17, 15) is 4.79 Å². The number of benzene rings is 2. The van der Waals surface area contributed by atoms with Gasteiger partial charge in [0.15, 0.2) is 5.16 Å². The monoisotopic (exact) mass is 372 g/mol. The highest BCUT2D eigenvalue weighted by molar-refractivity contribution is 8.00. The fourth-order valence-electron chi connectivity index (χ4n) is 2.26. The van der Waals surface area contributed by atoms with Gasteiger partial charge in [-0.2, -0.15) is 0 Å². The second kappa shape index (κ2) is 7.72. The molecular weight excluding hydrogens is 356 g/mol. The molecule has 0 aliphatic rings. The SMILES string of the molecule is Cc1ccc(NC(=O)[C@H](Sc2nncn2C)c2ccccc2)cc1Cl. The van der Waals surface area contributed by atoms with Crippen molar-refractivity contribution in [3.05, 3.63) is 71.0 Å². The maximum absolute atomic E-state index is 12.9. The molecule has 1 N–H and O–H groups in total. The van der Waals surface area contributed by atoms with Gasteiger partial charge in [-0.25, -0.2) is 0 Å². The molecule has 0 saturated carbocycles. The summed E-state index contributed by atoms with van der Waals surface area (Å²) in [5.41, 5.74) is 2.53. The molecule has 5 nitrogen and oxygen atoms in total. The second-order valence-electron chi connectivity index (χ2n) is 5.59. The van der Waals surface area contributed by atoms with E-state index >= 15 is 0 Å². The number of rotatable bonds is 5. The lowest BCUT2D eigenvalue weighted by atomic mass is 10.1. The Morgan fingerprint density at radius 1 is 1.24 bits per heavy atom. The number of anilines is 1. The average molecular weight is 373 g/mol. The third-order valence-electron chi connectivity index (χ3n) is 3.67. The number of amides is 1. The molecule has 7 heteroatoms. The van der Waals surface area contributed by atoms with E-state index in [1.54, 1.807) is 17.0 Å². The Hall–Kier alpha value is -2.31. The van der Waals surface area contributed by atoms with Crippen LogP contribution in [0.2, 0.25) is 5.02 Å². The summed E-state index contributed by atoms with van der Waals surface area (Å²) in [6.45, 7) is 1.92. The van der Waals surface area contributed by atoms with Crippen molar-refractivity contribution in [2.45, 2.75) is 17.3 Å². The molecule has 0 bridgehead atoms. The molecule has 0 radical (unpaired) electrons. The van der Waals surface area contributed by atoms with Crippen LogP contribution in [0.3, 0.4) is 0 Å². The van der Waals surface area contributed by atoms with E-state index in [0.717, 1.165) is 11.1 Å². The maximum atomic E-state index is 12.9.